The van der Waals surface area contributed by atoms with E-state index in [0.29, 0.717) is 5.56 Å². The SMILES string of the molecule is CCOC(=O)C(c1ccc(OC)c([N+](=O)[O-])c1)C(C)O. The number of rotatable bonds is 6. The number of nitrogens with zero attached hydrogens (tertiary/aromatic N) is 1. The van der Waals surface area contributed by atoms with Crippen molar-refractivity contribution in [2.75, 3.05) is 13.7 Å². The molecule has 0 aliphatic rings. The largest absolute Gasteiger partial charge is 0.490 e. The van der Waals surface area contributed by atoms with E-state index in [1.807, 2.05) is 0 Å². The molecule has 7 nitrogen and oxygen atoms in total. The maximum Gasteiger partial charge on any atom is 0.316 e. The Labute approximate surface area is 116 Å². The molecule has 0 aliphatic carbocycles. The van der Waals surface area contributed by atoms with Crippen LogP contribution in [-0.2, 0) is 9.53 Å². The summed E-state index contributed by atoms with van der Waals surface area (Å²) in [5, 5.41) is 20.7. The van der Waals surface area contributed by atoms with Crippen LogP contribution >= 0.6 is 0 Å². The number of hydrogen-bond donors (Lipinski definition) is 1. The molecule has 110 valence electrons. The molecule has 2 atom stereocenters. The lowest BCUT2D eigenvalue weighted by molar-refractivity contribution is -0.385. The van der Waals surface area contributed by atoms with Crippen molar-refractivity contribution in [3.05, 3.63) is 33.9 Å². The number of nitro groups is 1. The number of esters is 1. The molecule has 2 unspecified atom stereocenters. The third-order valence-corrected chi connectivity index (χ3v) is 2.78. The molecule has 0 aliphatic heterocycles. The summed E-state index contributed by atoms with van der Waals surface area (Å²) in [6.07, 6.45) is -1.03. The van der Waals surface area contributed by atoms with Crippen LogP contribution < -0.4 is 4.74 Å². The maximum absolute atomic E-state index is 11.8. The van der Waals surface area contributed by atoms with E-state index in [9.17, 15) is 20.0 Å². The first-order chi connectivity index (χ1) is 9.42. The Kier molecular flexibility index (Phi) is 5.45. The fraction of sp³-hybridized carbons (Fsp3) is 0.462. The molecule has 0 aromatic heterocycles. The van der Waals surface area contributed by atoms with Crippen LogP contribution in [0.15, 0.2) is 18.2 Å². The third kappa shape index (κ3) is 3.45. The summed E-state index contributed by atoms with van der Waals surface area (Å²) in [4.78, 5) is 22.2. The van der Waals surface area contributed by atoms with Gasteiger partial charge in [0, 0.05) is 6.07 Å². The molecule has 0 amide bonds. The average molecular weight is 283 g/mol. The summed E-state index contributed by atoms with van der Waals surface area (Å²) < 4.78 is 9.77. The summed E-state index contributed by atoms with van der Waals surface area (Å²) in [5.74, 6) is -1.51. The first-order valence-electron chi connectivity index (χ1n) is 6.09. The van der Waals surface area contributed by atoms with Crippen LogP contribution in [0.1, 0.15) is 25.3 Å². The smallest absolute Gasteiger partial charge is 0.316 e. The third-order valence-electron chi connectivity index (χ3n) is 2.78. The molecule has 0 fully saturated rings. The van der Waals surface area contributed by atoms with E-state index in [-0.39, 0.29) is 18.0 Å². The highest BCUT2D eigenvalue weighted by Crippen LogP contribution is 2.32. The zero-order valence-electron chi connectivity index (χ0n) is 11.5. The van der Waals surface area contributed by atoms with Gasteiger partial charge in [0.05, 0.1) is 24.7 Å². The number of benzene rings is 1. The number of carbonyl (C=O) groups is 1. The second kappa shape index (κ2) is 6.85. The minimum absolute atomic E-state index is 0.0898. The Balaban J connectivity index is 3.24. The summed E-state index contributed by atoms with van der Waals surface area (Å²) in [6.45, 7) is 3.24. The summed E-state index contributed by atoms with van der Waals surface area (Å²) >= 11 is 0. The molecule has 0 saturated carbocycles. The van der Waals surface area contributed by atoms with Crippen molar-refractivity contribution in [2.24, 2.45) is 0 Å². The lowest BCUT2D eigenvalue weighted by Crippen LogP contribution is -2.25. The second-order valence-corrected chi connectivity index (χ2v) is 4.16. The van der Waals surface area contributed by atoms with E-state index in [1.54, 1.807) is 6.92 Å². The van der Waals surface area contributed by atoms with Gasteiger partial charge in [-0.05, 0) is 25.5 Å². The quantitative estimate of drug-likeness (QED) is 0.484. The second-order valence-electron chi connectivity index (χ2n) is 4.16. The molecule has 1 aromatic carbocycles. The summed E-state index contributed by atoms with van der Waals surface area (Å²) in [6, 6.07) is 4.11. The van der Waals surface area contributed by atoms with Crippen LogP contribution in [0.3, 0.4) is 0 Å². The van der Waals surface area contributed by atoms with E-state index >= 15 is 0 Å². The first-order valence-corrected chi connectivity index (χ1v) is 6.09. The van der Waals surface area contributed by atoms with Gasteiger partial charge < -0.3 is 14.6 Å². The zero-order chi connectivity index (χ0) is 15.3. The van der Waals surface area contributed by atoms with Crippen LogP contribution in [0.2, 0.25) is 0 Å². The van der Waals surface area contributed by atoms with E-state index in [1.165, 1.54) is 32.2 Å². The van der Waals surface area contributed by atoms with Crippen LogP contribution in [0, 0.1) is 10.1 Å². The van der Waals surface area contributed by atoms with Crippen LogP contribution in [0.5, 0.6) is 5.75 Å². The highest BCUT2D eigenvalue weighted by molar-refractivity contribution is 5.79. The number of aliphatic hydroxyl groups excluding tert-OH is 1. The standard InChI is InChI=1S/C13H17NO6/c1-4-20-13(16)12(8(2)15)9-5-6-11(19-3)10(7-9)14(17)18/h5-8,12,15H,4H2,1-3H3. The van der Waals surface area contributed by atoms with Crippen molar-refractivity contribution in [2.45, 2.75) is 25.9 Å². The molecule has 1 aromatic rings. The van der Waals surface area contributed by atoms with E-state index in [4.69, 9.17) is 9.47 Å². The Morgan fingerprint density at radius 2 is 2.15 bits per heavy atom. The fourth-order valence-electron chi connectivity index (χ4n) is 1.89. The van der Waals surface area contributed by atoms with Gasteiger partial charge in [-0.2, -0.15) is 0 Å². The number of ether oxygens (including phenoxy) is 2. The predicted molar refractivity (Wildman–Crippen MR) is 70.7 cm³/mol. The Morgan fingerprint density at radius 3 is 2.60 bits per heavy atom. The minimum Gasteiger partial charge on any atom is -0.490 e. The van der Waals surface area contributed by atoms with Crippen molar-refractivity contribution in [1.29, 1.82) is 0 Å². The lowest BCUT2D eigenvalue weighted by Gasteiger charge is -2.18. The molecular formula is C13H17NO6. The van der Waals surface area contributed by atoms with Gasteiger partial charge in [0.2, 0.25) is 0 Å². The van der Waals surface area contributed by atoms with Crippen LogP contribution in [0.4, 0.5) is 5.69 Å². The summed E-state index contributed by atoms with van der Waals surface area (Å²) in [5.41, 5.74) is 0.0471. The molecule has 0 spiro atoms. The van der Waals surface area contributed by atoms with Crippen LogP contribution in [0.25, 0.3) is 0 Å². The molecular weight excluding hydrogens is 266 g/mol. The lowest BCUT2D eigenvalue weighted by atomic mass is 9.93. The molecule has 1 N–H and O–H groups in total. The number of aliphatic hydroxyl groups is 1. The molecule has 1 rings (SSSR count). The van der Waals surface area contributed by atoms with Gasteiger partial charge in [0.1, 0.15) is 5.92 Å². The van der Waals surface area contributed by atoms with E-state index < -0.39 is 22.9 Å². The molecule has 7 heteroatoms. The van der Waals surface area contributed by atoms with Gasteiger partial charge in [-0.3, -0.25) is 14.9 Å². The molecule has 0 radical (unpaired) electrons. The van der Waals surface area contributed by atoms with Crippen molar-refractivity contribution >= 4 is 11.7 Å². The van der Waals surface area contributed by atoms with Gasteiger partial charge in [0.25, 0.3) is 0 Å². The molecule has 0 bridgehead atoms. The molecule has 0 heterocycles. The number of methoxy groups -OCH3 is 1. The Morgan fingerprint density at radius 1 is 1.50 bits per heavy atom. The average Bonchev–Trinajstić information content (AvgIpc) is 2.38. The highest BCUT2D eigenvalue weighted by Gasteiger charge is 2.29. The van der Waals surface area contributed by atoms with E-state index in [0.717, 1.165) is 0 Å². The Hall–Kier alpha value is -2.15. The summed E-state index contributed by atoms with van der Waals surface area (Å²) in [7, 11) is 1.32. The fourth-order valence-corrected chi connectivity index (χ4v) is 1.89. The first kappa shape index (κ1) is 15.9. The highest BCUT2D eigenvalue weighted by atomic mass is 16.6. The normalized spacial score (nSPS) is 13.4. The van der Waals surface area contributed by atoms with Gasteiger partial charge in [-0.25, -0.2) is 0 Å². The van der Waals surface area contributed by atoms with Crippen molar-refractivity contribution < 1.29 is 24.3 Å². The number of carbonyl (C=O) groups excluding carboxylic acids is 1. The van der Waals surface area contributed by atoms with E-state index in [2.05, 4.69) is 0 Å². The van der Waals surface area contributed by atoms with Gasteiger partial charge in [-0.15, -0.1) is 0 Å². The minimum atomic E-state index is -1.03. The van der Waals surface area contributed by atoms with Gasteiger partial charge in [0.15, 0.2) is 5.75 Å². The number of nitro benzene ring substituents is 1. The Bertz CT molecular complexity index is 500. The van der Waals surface area contributed by atoms with Crippen molar-refractivity contribution in [3.63, 3.8) is 0 Å². The molecule has 0 saturated heterocycles. The van der Waals surface area contributed by atoms with Gasteiger partial charge in [-0.1, -0.05) is 6.07 Å². The van der Waals surface area contributed by atoms with Crippen LogP contribution in [-0.4, -0.2) is 35.8 Å². The van der Waals surface area contributed by atoms with Crippen molar-refractivity contribution in [3.8, 4) is 5.75 Å². The number of hydrogen-bond acceptors (Lipinski definition) is 6. The zero-order valence-corrected chi connectivity index (χ0v) is 11.5. The van der Waals surface area contributed by atoms with Gasteiger partial charge >= 0.3 is 11.7 Å². The topological polar surface area (TPSA) is 98.9 Å². The maximum atomic E-state index is 11.8. The van der Waals surface area contributed by atoms with Crippen molar-refractivity contribution in [1.82, 2.24) is 0 Å². The monoisotopic (exact) mass is 283 g/mol. The predicted octanol–water partition coefficient (Wildman–Crippen LogP) is 1.63. The molecule has 20 heavy (non-hydrogen) atoms.